The van der Waals surface area contributed by atoms with Crippen LogP contribution in [-0.4, -0.2) is 26.1 Å². The van der Waals surface area contributed by atoms with E-state index in [1.165, 1.54) is 5.56 Å². The lowest BCUT2D eigenvalue weighted by Gasteiger charge is -2.32. The molecule has 0 spiro atoms. The summed E-state index contributed by atoms with van der Waals surface area (Å²) >= 11 is 0. The second-order valence-electron chi connectivity index (χ2n) is 5.99. The van der Waals surface area contributed by atoms with Gasteiger partial charge in [-0.05, 0) is 32.0 Å². The molecule has 1 unspecified atom stereocenters. The van der Waals surface area contributed by atoms with Gasteiger partial charge in [-0.3, -0.25) is 0 Å². The zero-order valence-corrected chi connectivity index (χ0v) is 11.9. The molecule has 0 aliphatic rings. The number of benzene rings is 1. The summed E-state index contributed by atoms with van der Waals surface area (Å²) in [6.45, 7) is 6.83. The summed E-state index contributed by atoms with van der Waals surface area (Å²) in [6, 6.07) is 8.69. The van der Waals surface area contributed by atoms with E-state index < -0.39 is 0 Å². The summed E-state index contributed by atoms with van der Waals surface area (Å²) in [6.07, 6.45) is 1.11. The summed E-state index contributed by atoms with van der Waals surface area (Å²) in [5, 5.41) is 0. The Morgan fingerprint density at radius 3 is 2.24 bits per heavy atom. The van der Waals surface area contributed by atoms with Crippen LogP contribution in [0.15, 0.2) is 24.3 Å². The number of methoxy groups -OCH3 is 1. The van der Waals surface area contributed by atoms with Gasteiger partial charge in [-0.15, -0.1) is 0 Å². The first-order valence-electron chi connectivity index (χ1n) is 6.14. The van der Waals surface area contributed by atoms with E-state index in [0.717, 1.165) is 12.2 Å². The summed E-state index contributed by atoms with van der Waals surface area (Å²) in [4.78, 5) is 2.27. The largest absolute Gasteiger partial charge is 0.496 e. The molecular formula is C15H25NO. The molecule has 17 heavy (non-hydrogen) atoms. The zero-order valence-electron chi connectivity index (χ0n) is 11.9. The molecule has 0 N–H and O–H groups in total. The summed E-state index contributed by atoms with van der Waals surface area (Å²) in [5.41, 5.74) is 1.57. The molecule has 96 valence electrons. The van der Waals surface area contributed by atoms with Crippen LogP contribution in [0, 0.1) is 5.41 Å². The third kappa shape index (κ3) is 4.04. The molecule has 0 heterocycles. The summed E-state index contributed by atoms with van der Waals surface area (Å²) < 4.78 is 5.46. The summed E-state index contributed by atoms with van der Waals surface area (Å²) in [5.74, 6) is 0.982. The van der Waals surface area contributed by atoms with Crippen molar-refractivity contribution >= 4 is 0 Å². The van der Waals surface area contributed by atoms with Crippen molar-refractivity contribution in [1.82, 2.24) is 4.90 Å². The maximum atomic E-state index is 5.46. The fraction of sp³-hybridized carbons (Fsp3) is 0.600. The maximum absolute atomic E-state index is 5.46. The van der Waals surface area contributed by atoms with Crippen molar-refractivity contribution in [3.05, 3.63) is 29.8 Å². The zero-order chi connectivity index (χ0) is 13.1. The highest BCUT2D eigenvalue weighted by molar-refractivity contribution is 5.36. The predicted octanol–water partition coefficient (Wildman–Crippen LogP) is 3.73. The highest BCUT2D eigenvalue weighted by Crippen LogP contribution is 2.36. The van der Waals surface area contributed by atoms with E-state index in [0.29, 0.717) is 11.5 Å². The lowest BCUT2D eigenvalue weighted by molar-refractivity contribution is 0.207. The first-order chi connectivity index (χ1) is 7.85. The molecule has 0 saturated carbocycles. The van der Waals surface area contributed by atoms with Gasteiger partial charge in [-0.25, -0.2) is 0 Å². The van der Waals surface area contributed by atoms with Crippen LogP contribution in [-0.2, 0) is 0 Å². The van der Waals surface area contributed by atoms with Gasteiger partial charge in [0.05, 0.1) is 7.11 Å². The predicted molar refractivity (Wildman–Crippen MR) is 73.5 cm³/mol. The van der Waals surface area contributed by atoms with E-state index in [2.05, 4.69) is 51.9 Å². The van der Waals surface area contributed by atoms with Crippen LogP contribution < -0.4 is 4.74 Å². The Hall–Kier alpha value is -1.02. The number of nitrogens with zero attached hydrogens (tertiary/aromatic N) is 1. The van der Waals surface area contributed by atoms with Crippen molar-refractivity contribution in [2.75, 3.05) is 21.2 Å². The van der Waals surface area contributed by atoms with Crippen molar-refractivity contribution in [2.24, 2.45) is 5.41 Å². The van der Waals surface area contributed by atoms with Gasteiger partial charge in [0.15, 0.2) is 0 Å². The lowest BCUT2D eigenvalue weighted by atomic mass is 9.84. The molecule has 1 aromatic carbocycles. The van der Waals surface area contributed by atoms with Crippen molar-refractivity contribution < 1.29 is 4.74 Å². The minimum atomic E-state index is 0.301. The topological polar surface area (TPSA) is 12.5 Å². The monoisotopic (exact) mass is 235 g/mol. The van der Waals surface area contributed by atoms with E-state index in [4.69, 9.17) is 4.74 Å². The number of rotatable bonds is 4. The van der Waals surface area contributed by atoms with Gasteiger partial charge in [0, 0.05) is 11.6 Å². The van der Waals surface area contributed by atoms with Gasteiger partial charge in [-0.2, -0.15) is 0 Å². The molecule has 0 radical (unpaired) electrons. The Bertz CT molecular complexity index is 352. The van der Waals surface area contributed by atoms with Crippen LogP contribution in [0.2, 0.25) is 0 Å². The Labute approximate surface area is 106 Å². The quantitative estimate of drug-likeness (QED) is 0.788. The van der Waals surface area contributed by atoms with Crippen LogP contribution in [0.3, 0.4) is 0 Å². The van der Waals surface area contributed by atoms with Gasteiger partial charge >= 0.3 is 0 Å². The number of hydrogen-bond acceptors (Lipinski definition) is 2. The van der Waals surface area contributed by atoms with Crippen molar-refractivity contribution in [3.63, 3.8) is 0 Å². The molecule has 1 rings (SSSR count). The molecule has 0 bridgehead atoms. The van der Waals surface area contributed by atoms with Crippen LogP contribution >= 0.6 is 0 Å². The number of hydrogen-bond donors (Lipinski definition) is 0. The molecule has 2 nitrogen and oxygen atoms in total. The highest BCUT2D eigenvalue weighted by Gasteiger charge is 2.24. The van der Waals surface area contributed by atoms with Crippen molar-refractivity contribution in [1.29, 1.82) is 0 Å². The molecule has 0 saturated heterocycles. The van der Waals surface area contributed by atoms with E-state index in [1.54, 1.807) is 7.11 Å². The molecule has 0 aromatic heterocycles. The molecule has 0 aliphatic carbocycles. The molecule has 0 fully saturated rings. The second kappa shape index (κ2) is 5.54. The van der Waals surface area contributed by atoms with Gasteiger partial charge in [0.2, 0.25) is 0 Å². The minimum absolute atomic E-state index is 0.301. The average Bonchev–Trinajstić information content (AvgIpc) is 2.24. The molecule has 0 amide bonds. The van der Waals surface area contributed by atoms with E-state index in [-0.39, 0.29) is 0 Å². The Kier molecular flexibility index (Phi) is 4.58. The molecule has 1 atom stereocenters. The van der Waals surface area contributed by atoms with Crippen LogP contribution in [0.5, 0.6) is 5.75 Å². The Morgan fingerprint density at radius 2 is 1.76 bits per heavy atom. The minimum Gasteiger partial charge on any atom is -0.496 e. The highest BCUT2D eigenvalue weighted by atomic mass is 16.5. The van der Waals surface area contributed by atoms with Gasteiger partial charge in [0.25, 0.3) is 0 Å². The normalized spacial score (nSPS) is 13.8. The molecule has 2 heteroatoms. The SMILES string of the molecule is COc1ccccc1C(CC(C)(C)C)N(C)C. The molecular weight excluding hydrogens is 210 g/mol. The maximum Gasteiger partial charge on any atom is 0.123 e. The fourth-order valence-electron chi connectivity index (χ4n) is 2.09. The fourth-order valence-corrected chi connectivity index (χ4v) is 2.09. The second-order valence-corrected chi connectivity index (χ2v) is 5.99. The van der Waals surface area contributed by atoms with Gasteiger partial charge in [0.1, 0.15) is 5.75 Å². The van der Waals surface area contributed by atoms with E-state index in [9.17, 15) is 0 Å². The number of ether oxygens (including phenoxy) is 1. The first-order valence-corrected chi connectivity index (χ1v) is 6.14. The standard InChI is InChI=1S/C15H25NO/c1-15(2,3)11-13(16(4)5)12-9-7-8-10-14(12)17-6/h7-10,13H,11H2,1-6H3. The third-order valence-corrected chi connectivity index (χ3v) is 2.93. The van der Waals surface area contributed by atoms with E-state index in [1.807, 2.05) is 12.1 Å². The van der Waals surface area contributed by atoms with Crippen LogP contribution in [0.4, 0.5) is 0 Å². The van der Waals surface area contributed by atoms with Crippen molar-refractivity contribution in [2.45, 2.75) is 33.2 Å². The van der Waals surface area contributed by atoms with Crippen LogP contribution in [0.25, 0.3) is 0 Å². The lowest BCUT2D eigenvalue weighted by Crippen LogP contribution is -2.25. The average molecular weight is 235 g/mol. The summed E-state index contributed by atoms with van der Waals surface area (Å²) in [7, 11) is 5.99. The van der Waals surface area contributed by atoms with Gasteiger partial charge in [-0.1, -0.05) is 39.0 Å². The molecule has 1 aromatic rings. The number of para-hydroxylation sites is 1. The van der Waals surface area contributed by atoms with Gasteiger partial charge < -0.3 is 9.64 Å². The smallest absolute Gasteiger partial charge is 0.123 e. The van der Waals surface area contributed by atoms with Crippen molar-refractivity contribution in [3.8, 4) is 5.75 Å². The third-order valence-electron chi connectivity index (χ3n) is 2.93. The first kappa shape index (κ1) is 14.0. The van der Waals surface area contributed by atoms with Crippen LogP contribution in [0.1, 0.15) is 38.8 Å². The Balaban J connectivity index is 3.05. The molecule has 0 aliphatic heterocycles. The Morgan fingerprint density at radius 1 is 1.18 bits per heavy atom. The van der Waals surface area contributed by atoms with E-state index >= 15 is 0 Å².